The molecule has 0 amide bonds. The third-order valence-corrected chi connectivity index (χ3v) is 17.2. The average molecular weight is 807 g/mol. The fourth-order valence-electron chi connectivity index (χ4n) is 11.9. The molecule has 306 valence electrons. The van der Waals surface area contributed by atoms with E-state index in [1.807, 2.05) is 11.3 Å². The Morgan fingerprint density at radius 3 is 1.75 bits per heavy atom. The fraction of sp³-hybridized carbons (Fsp3) is 0.429. The Morgan fingerprint density at radius 2 is 1.10 bits per heavy atom. The summed E-state index contributed by atoms with van der Waals surface area (Å²) in [5, 5.41) is 4.19. The van der Waals surface area contributed by atoms with Crippen molar-refractivity contribution < 1.29 is 0 Å². The number of thiophene rings is 1. The molecule has 4 heterocycles. The first kappa shape index (κ1) is 38.6. The predicted molar refractivity (Wildman–Crippen MR) is 263 cm³/mol. The van der Waals surface area contributed by atoms with Crippen molar-refractivity contribution in [3.05, 3.63) is 112 Å². The standard InChI is InChI=1S/C56H63BN2S/c1-51(2,3)32-25-36-47-35-17-15-16-18-46(35)60-50(47)59-45-28-33(52(4,5)6)27-44-48(45)57(42(26-32)49(36)59)41-30-39-40(56(13,14)24-23-55(39,11)12)31-43(41)58(44)34-19-20-37-38(29-34)54(9,10)22-21-53(37,7)8/h15-20,25-31H,21-24H2,1-14H3. The first-order chi connectivity index (χ1) is 28.0. The molecule has 0 radical (unpaired) electrons. The molecule has 0 bridgehead atoms. The van der Waals surface area contributed by atoms with Crippen molar-refractivity contribution in [2.45, 2.75) is 155 Å². The van der Waals surface area contributed by atoms with Gasteiger partial charge in [-0.1, -0.05) is 133 Å². The lowest BCUT2D eigenvalue weighted by molar-refractivity contribution is 0.332. The second kappa shape index (κ2) is 11.8. The van der Waals surface area contributed by atoms with Crippen LogP contribution in [0.25, 0.3) is 36.9 Å². The summed E-state index contributed by atoms with van der Waals surface area (Å²) in [4.78, 5) is 4.10. The number of rotatable bonds is 1. The summed E-state index contributed by atoms with van der Waals surface area (Å²) < 4.78 is 4.08. The number of hydrogen-bond donors (Lipinski definition) is 0. The van der Waals surface area contributed by atoms with Gasteiger partial charge in [0.1, 0.15) is 4.83 Å². The molecule has 4 aliphatic rings. The minimum atomic E-state index is -0.0569. The Labute approximate surface area is 363 Å². The molecular formula is C56H63BN2S. The van der Waals surface area contributed by atoms with E-state index in [1.165, 1.54) is 124 Å². The van der Waals surface area contributed by atoms with Gasteiger partial charge in [0.2, 0.25) is 0 Å². The highest BCUT2D eigenvalue weighted by Gasteiger charge is 2.47. The molecule has 2 aliphatic heterocycles. The van der Waals surface area contributed by atoms with Gasteiger partial charge in [-0.3, -0.25) is 0 Å². The van der Waals surface area contributed by atoms with E-state index in [2.05, 4.69) is 185 Å². The quantitative estimate of drug-likeness (QED) is 0.150. The maximum Gasteiger partial charge on any atom is 0.252 e. The van der Waals surface area contributed by atoms with Crippen LogP contribution in [0.5, 0.6) is 0 Å². The highest BCUT2D eigenvalue weighted by Crippen LogP contribution is 2.53. The molecule has 0 N–H and O–H groups in total. The van der Waals surface area contributed by atoms with Gasteiger partial charge >= 0.3 is 0 Å². The normalized spacial score (nSPS) is 19.4. The monoisotopic (exact) mass is 806 g/mol. The van der Waals surface area contributed by atoms with Gasteiger partial charge in [0.25, 0.3) is 6.71 Å². The molecular weight excluding hydrogens is 744 g/mol. The lowest BCUT2D eigenvalue weighted by Crippen LogP contribution is -2.61. The van der Waals surface area contributed by atoms with Gasteiger partial charge in [0.05, 0.1) is 5.52 Å². The highest BCUT2D eigenvalue weighted by molar-refractivity contribution is 7.26. The molecule has 0 atom stereocenters. The molecule has 7 aromatic rings. The van der Waals surface area contributed by atoms with E-state index in [0.717, 1.165) is 0 Å². The van der Waals surface area contributed by atoms with Crippen molar-refractivity contribution in [2.24, 2.45) is 0 Å². The summed E-state index contributed by atoms with van der Waals surface area (Å²) in [6.45, 7) is 34.3. The Bertz CT molecular complexity index is 3020. The van der Waals surface area contributed by atoms with Crippen LogP contribution in [0.2, 0.25) is 0 Å². The van der Waals surface area contributed by atoms with Crippen molar-refractivity contribution in [2.75, 3.05) is 4.90 Å². The molecule has 0 fully saturated rings. The van der Waals surface area contributed by atoms with Gasteiger partial charge < -0.3 is 9.47 Å². The zero-order valence-corrected chi connectivity index (χ0v) is 39.5. The summed E-state index contributed by atoms with van der Waals surface area (Å²) in [6, 6.07) is 32.5. The van der Waals surface area contributed by atoms with Crippen molar-refractivity contribution in [1.29, 1.82) is 0 Å². The molecule has 0 unspecified atom stereocenters. The van der Waals surface area contributed by atoms with E-state index in [4.69, 9.17) is 0 Å². The van der Waals surface area contributed by atoms with Crippen molar-refractivity contribution >= 4 is 82.7 Å². The molecule has 0 saturated carbocycles. The minimum absolute atomic E-state index is 0.0146. The van der Waals surface area contributed by atoms with Crippen LogP contribution >= 0.6 is 11.3 Å². The molecule has 60 heavy (non-hydrogen) atoms. The van der Waals surface area contributed by atoms with E-state index in [-0.39, 0.29) is 39.2 Å². The summed E-state index contributed by atoms with van der Waals surface area (Å²) >= 11 is 1.97. The Morgan fingerprint density at radius 1 is 0.533 bits per heavy atom. The molecule has 0 spiro atoms. The van der Waals surface area contributed by atoms with Gasteiger partial charge in [0.15, 0.2) is 0 Å². The first-order valence-corrected chi connectivity index (χ1v) is 23.6. The van der Waals surface area contributed by atoms with E-state index in [1.54, 1.807) is 5.56 Å². The van der Waals surface area contributed by atoms with Gasteiger partial charge in [-0.15, -0.1) is 11.3 Å². The lowest BCUT2D eigenvalue weighted by Gasteiger charge is -2.47. The SMILES string of the molecule is CC(C)(C)c1cc2c3c(c1)-n1c4sc5ccccc5c4c4cc(C(C)(C)C)cc(c41)B3c1cc3c(cc1N2c1ccc2c(c1)C(C)(C)CCC2(C)C)C(C)(C)CCC3(C)C. The van der Waals surface area contributed by atoms with Crippen LogP contribution in [0.15, 0.2) is 78.9 Å². The maximum atomic E-state index is 2.73. The molecule has 11 rings (SSSR count). The number of benzene rings is 5. The van der Waals surface area contributed by atoms with Gasteiger partial charge in [0, 0.05) is 43.6 Å². The molecule has 0 saturated heterocycles. The zero-order valence-electron chi connectivity index (χ0n) is 38.7. The third kappa shape index (κ3) is 5.18. The van der Waals surface area contributed by atoms with Crippen LogP contribution in [0.4, 0.5) is 17.1 Å². The second-order valence-corrected chi connectivity index (χ2v) is 25.0. The van der Waals surface area contributed by atoms with Crippen LogP contribution in [-0.4, -0.2) is 11.3 Å². The van der Waals surface area contributed by atoms with E-state index >= 15 is 0 Å². The summed E-state index contributed by atoms with van der Waals surface area (Å²) in [5.74, 6) is 0. The predicted octanol–water partition coefficient (Wildman–Crippen LogP) is 13.9. The first-order valence-electron chi connectivity index (χ1n) is 22.8. The third-order valence-electron chi connectivity index (χ3n) is 16.0. The minimum Gasteiger partial charge on any atom is -0.311 e. The Kier molecular flexibility index (Phi) is 7.59. The van der Waals surface area contributed by atoms with Crippen LogP contribution in [-0.2, 0) is 32.5 Å². The maximum absolute atomic E-state index is 2.73. The molecule has 2 aliphatic carbocycles. The van der Waals surface area contributed by atoms with Crippen LogP contribution in [0.3, 0.4) is 0 Å². The molecule has 4 heteroatoms. The lowest BCUT2D eigenvalue weighted by atomic mass is 9.33. The molecule has 2 aromatic heterocycles. The Balaban J connectivity index is 1.34. The fourth-order valence-corrected chi connectivity index (χ4v) is 13.1. The number of nitrogens with zero attached hydrogens (tertiary/aromatic N) is 2. The number of anilines is 3. The van der Waals surface area contributed by atoms with Gasteiger partial charge in [-0.25, -0.2) is 0 Å². The number of fused-ring (bicyclic) bond motifs is 11. The van der Waals surface area contributed by atoms with E-state index in [0.29, 0.717) is 0 Å². The van der Waals surface area contributed by atoms with Gasteiger partial charge in [-0.05, 0) is 150 Å². The average Bonchev–Trinajstić information content (AvgIpc) is 3.71. The van der Waals surface area contributed by atoms with Gasteiger partial charge in [-0.2, -0.15) is 0 Å². The highest BCUT2D eigenvalue weighted by atomic mass is 32.1. The molecule has 2 nitrogen and oxygen atoms in total. The van der Waals surface area contributed by atoms with E-state index in [9.17, 15) is 0 Å². The largest absolute Gasteiger partial charge is 0.311 e. The second-order valence-electron chi connectivity index (χ2n) is 24.0. The van der Waals surface area contributed by atoms with Crippen LogP contribution < -0.4 is 21.3 Å². The molecule has 5 aromatic carbocycles. The van der Waals surface area contributed by atoms with Crippen molar-refractivity contribution in [1.82, 2.24) is 4.57 Å². The number of hydrogen-bond acceptors (Lipinski definition) is 2. The number of aromatic nitrogens is 1. The topological polar surface area (TPSA) is 8.17 Å². The summed E-state index contributed by atoms with van der Waals surface area (Å²) in [5.41, 5.74) is 20.4. The summed E-state index contributed by atoms with van der Waals surface area (Å²) in [7, 11) is 0. The summed E-state index contributed by atoms with van der Waals surface area (Å²) in [6.07, 6.45) is 4.80. The van der Waals surface area contributed by atoms with Crippen molar-refractivity contribution in [3.8, 4) is 5.69 Å². The smallest absolute Gasteiger partial charge is 0.252 e. The van der Waals surface area contributed by atoms with Crippen molar-refractivity contribution in [3.63, 3.8) is 0 Å². The van der Waals surface area contributed by atoms with Crippen LogP contribution in [0.1, 0.15) is 156 Å². The van der Waals surface area contributed by atoms with E-state index < -0.39 is 0 Å². The Hall–Kier alpha value is -4.28. The zero-order chi connectivity index (χ0) is 42.4. The van der Waals surface area contributed by atoms with Crippen LogP contribution in [0, 0.1) is 0 Å².